The summed E-state index contributed by atoms with van der Waals surface area (Å²) in [5.41, 5.74) is -0.190. The summed E-state index contributed by atoms with van der Waals surface area (Å²) in [5.74, 6) is 3.97. The molecule has 4 fully saturated rings. The minimum atomic E-state index is -0.596. The van der Waals surface area contributed by atoms with Gasteiger partial charge in [0.1, 0.15) is 0 Å². The summed E-state index contributed by atoms with van der Waals surface area (Å²) < 4.78 is 0. The quantitative estimate of drug-likeness (QED) is 0.721. The van der Waals surface area contributed by atoms with Crippen LogP contribution in [0.2, 0.25) is 0 Å². The van der Waals surface area contributed by atoms with Gasteiger partial charge in [-0.25, -0.2) is 0 Å². The SMILES string of the molecule is C=CC1(O)CC[C@H]2C(CC[C@@H]3[C@@H]2CC[C@]2(C)C[C@H](O)C[C@@H]32)C1. The lowest BCUT2D eigenvalue weighted by atomic mass is 9.50. The van der Waals surface area contributed by atoms with Crippen molar-refractivity contribution in [3.05, 3.63) is 12.7 Å². The Balaban J connectivity index is 1.54. The highest BCUT2D eigenvalue weighted by Crippen LogP contribution is 2.62. The van der Waals surface area contributed by atoms with Gasteiger partial charge in [-0.2, -0.15) is 0 Å². The molecule has 124 valence electrons. The predicted molar refractivity (Wildman–Crippen MR) is 88.3 cm³/mol. The third kappa shape index (κ3) is 2.21. The molecule has 0 radical (unpaired) electrons. The zero-order valence-corrected chi connectivity index (χ0v) is 14.0. The highest BCUT2D eigenvalue weighted by atomic mass is 16.3. The van der Waals surface area contributed by atoms with Gasteiger partial charge in [-0.05, 0) is 92.8 Å². The number of aliphatic hydroxyl groups is 2. The Morgan fingerprint density at radius 1 is 1.00 bits per heavy atom. The molecule has 0 aromatic rings. The van der Waals surface area contributed by atoms with Crippen molar-refractivity contribution in [1.82, 2.24) is 0 Å². The smallest absolute Gasteiger partial charge is 0.0827 e. The normalized spacial score (nSPS) is 57.6. The molecule has 0 aromatic carbocycles. The maximum atomic E-state index is 10.6. The van der Waals surface area contributed by atoms with E-state index in [1.54, 1.807) is 6.08 Å². The van der Waals surface area contributed by atoms with E-state index in [0.29, 0.717) is 11.3 Å². The Labute approximate surface area is 135 Å². The van der Waals surface area contributed by atoms with Gasteiger partial charge in [0.2, 0.25) is 0 Å². The first-order valence-electron chi connectivity index (χ1n) is 9.48. The average molecular weight is 304 g/mol. The summed E-state index contributed by atoms with van der Waals surface area (Å²) in [6.07, 6.45) is 12.1. The van der Waals surface area contributed by atoms with Crippen molar-refractivity contribution in [3.8, 4) is 0 Å². The van der Waals surface area contributed by atoms with Crippen LogP contribution in [0.25, 0.3) is 0 Å². The Morgan fingerprint density at radius 3 is 2.55 bits per heavy atom. The molecule has 8 atom stereocenters. The van der Waals surface area contributed by atoms with E-state index in [0.717, 1.165) is 49.4 Å². The van der Waals surface area contributed by atoms with Crippen molar-refractivity contribution in [1.29, 1.82) is 0 Å². The van der Waals surface area contributed by atoms with Crippen LogP contribution < -0.4 is 0 Å². The van der Waals surface area contributed by atoms with Crippen LogP contribution in [-0.2, 0) is 0 Å². The lowest BCUT2D eigenvalue weighted by Gasteiger charge is -2.56. The van der Waals surface area contributed by atoms with Crippen LogP contribution in [0.1, 0.15) is 64.7 Å². The molecule has 2 nitrogen and oxygen atoms in total. The van der Waals surface area contributed by atoms with E-state index in [-0.39, 0.29) is 6.10 Å². The third-order valence-electron chi connectivity index (χ3n) is 8.17. The van der Waals surface area contributed by atoms with Crippen LogP contribution >= 0.6 is 0 Å². The molecule has 4 aliphatic carbocycles. The van der Waals surface area contributed by atoms with Gasteiger partial charge < -0.3 is 10.2 Å². The first kappa shape index (κ1) is 15.2. The molecule has 4 saturated carbocycles. The van der Waals surface area contributed by atoms with Crippen LogP contribution in [0.15, 0.2) is 12.7 Å². The van der Waals surface area contributed by atoms with Crippen LogP contribution in [0, 0.1) is 35.0 Å². The van der Waals surface area contributed by atoms with Gasteiger partial charge in [-0.3, -0.25) is 0 Å². The van der Waals surface area contributed by atoms with E-state index in [2.05, 4.69) is 13.5 Å². The van der Waals surface area contributed by atoms with Gasteiger partial charge >= 0.3 is 0 Å². The fraction of sp³-hybridized carbons (Fsp3) is 0.900. The summed E-state index contributed by atoms with van der Waals surface area (Å²) in [7, 11) is 0. The van der Waals surface area contributed by atoms with E-state index >= 15 is 0 Å². The van der Waals surface area contributed by atoms with Gasteiger partial charge in [-0.15, -0.1) is 6.58 Å². The van der Waals surface area contributed by atoms with Crippen LogP contribution in [0.3, 0.4) is 0 Å². The van der Waals surface area contributed by atoms with Crippen LogP contribution in [0.4, 0.5) is 0 Å². The molecular formula is C20H32O2. The molecule has 0 aromatic heterocycles. The van der Waals surface area contributed by atoms with E-state index in [1.807, 2.05) is 0 Å². The Kier molecular flexibility index (Phi) is 3.51. The van der Waals surface area contributed by atoms with Crippen molar-refractivity contribution in [2.45, 2.75) is 76.4 Å². The Morgan fingerprint density at radius 2 is 1.77 bits per heavy atom. The summed E-state index contributed by atoms with van der Waals surface area (Å²) >= 11 is 0. The molecule has 4 rings (SSSR count). The highest BCUT2D eigenvalue weighted by molar-refractivity contribution is 5.08. The van der Waals surface area contributed by atoms with Crippen molar-refractivity contribution < 1.29 is 10.2 Å². The fourth-order valence-electron chi connectivity index (χ4n) is 7.12. The van der Waals surface area contributed by atoms with Gasteiger partial charge in [0.05, 0.1) is 11.7 Å². The summed E-state index contributed by atoms with van der Waals surface area (Å²) in [4.78, 5) is 0. The summed E-state index contributed by atoms with van der Waals surface area (Å²) in [6, 6.07) is 0. The molecule has 2 unspecified atom stereocenters. The molecular weight excluding hydrogens is 272 g/mol. The van der Waals surface area contributed by atoms with Crippen molar-refractivity contribution >= 4 is 0 Å². The Bertz CT molecular complexity index is 461. The summed E-state index contributed by atoms with van der Waals surface area (Å²) in [6.45, 7) is 6.30. The minimum absolute atomic E-state index is 0.0521. The van der Waals surface area contributed by atoms with Crippen LogP contribution in [-0.4, -0.2) is 21.9 Å². The second-order valence-corrected chi connectivity index (χ2v) is 9.27. The number of fused-ring (bicyclic) bond motifs is 5. The summed E-state index contributed by atoms with van der Waals surface area (Å²) in [5, 5.41) is 20.8. The van der Waals surface area contributed by atoms with E-state index < -0.39 is 5.60 Å². The third-order valence-corrected chi connectivity index (χ3v) is 8.17. The minimum Gasteiger partial charge on any atom is -0.393 e. The van der Waals surface area contributed by atoms with E-state index in [1.165, 1.54) is 32.1 Å². The number of hydrogen-bond donors (Lipinski definition) is 2. The number of rotatable bonds is 1. The second kappa shape index (κ2) is 5.08. The van der Waals surface area contributed by atoms with Gasteiger partial charge in [0.15, 0.2) is 0 Å². The van der Waals surface area contributed by atoms with Gasteiger partial charge in [0, 0.05) is 0 Å². The molecule has 0 aliphatic heterocycles. The molecule has 2 heteroatoms. The lowest BCUT2D eigenvalue weighted by molar-refractivity contribution is -0.0848. The Hall–Kier alpha value is -0.340. The molecule has 2 N–H and O–H groups in total. The molecule has 0 amide bonds. The predicted octanol–water partition coefficient (Wildman–Crippen LogP) is 3.92. The molecule has 0 bridgehead atoms. The molecule has 0 heterocycles. The number of hydrogen-bond acceptors (Lipinski definition) is 2. The first-order valence-corrected chi connectivity index (χ1v) is 9.48. The van der Waals surface area contributed by atoms with E-state index in [4.69, 9.17) is 0 Å². The monoisotopic (exact) mass is 304 g/mol. The largest absolute Gasteiger partial charge is 0.393 e. The van der Waals surface area contributed by atoms with Crippen molar-refractivity contribution in [3.63, 3.8) is 0 Å². The zero-order valence-electron chi connectivity index (χ0n) is 14.0. The lowest BCUT2D eigenvalue weighted by Crippen LogP contribution is -2.49. The fourth-order valence-corrected chi connectivity index (χ4v) is 7.12. The molecule has 4 aliphatic rings. The number of aliphatic hydroxyl groups excluding tert-OH is 1. The highest BCUT2D eigenvalue weighted by Gasteiger charge is 2.56. The molecule has 0 saturated heterocycles. The zero-order chi connectivity index (χ0) is 15.5. The standard InChI is InChI=1S/C20H32O2/c1-3-20(22)9-7-15-13(11-20)4-5-17-16(15)6-8-19(2)12-14(21)10-18(17)19/h3,13-18,21-22H,1,4-12H2,2H3/t13?,14-,15+,16-,17-,18+,19-,20?/m1/s1. The van der Waals surface area contributed by atoms with Crippen LogP contribution in [0.5, 0.6) is 0 Å². The van der Waals surface area contributed by atoms with Gasteiger partial charge in [0.25, 0.3) is 0 Å². The second-order valence-electron chi connectivity index (χ2n) is 9.27. The topological polar surface area (TPSA) is 40.5 Å². The molecule has 22 heavy (non-hydrogen) atoms. The maximum Gasteiger partial charge on any atom is 0.0827 e. The van der Waals surface area contributed by atoms with Crippen molar-refractivity contribution in [2.24, 2.45) is 35.0 Å². The maximum absolute atomic E-state index is 10.6. The average Bonchev–Trinajstić information content (AvgIpc) is 2.81. The molecule has 0 spiro atoms. The van der Waals surface area contributed by atoms with Gasteiger partial charge in [-0.1, -0.05) is 13.0 Å². The first-order chi connectivity index (χ1) is 10.4. The van der Waals surface area contributed by atoms with E-state index in [9.17, 15) is 10.2 Å². The van der Waals surface area contributed by atoms with Crippen molar-refractivity contribution in [2.75, 3.05) is 0 Å².